The number of amides is 1. The quantitative estimate of drug-likeness (QED) is 0.749. The summed E-state index contributed by atoms with van der Waals surface area (Å²) in [5.74, 6) is -0.746. The second-order valence-corrected chi connectivity index (χ2v) is 5.87. The van der Waals surface area contributed by atoms with Crippen LogP contribution in [0.3, 0.4) is 0 Å². The van der Waals surface area contributed by atoms with Gasteiger partial charge >= 0.3 is 0 Å². The van der Waals surface area contributed by atoms with Gasteiger partial charge in [-0.3, -0.25) is 9.89 Å². The molecular weight excluding hydrogens is 329 g/mol. The lowest BCUT2D eigenvalue weighted by Crippen LogP contribution is -2.23. The molecule has 6 heteroatoms. The van der Waals surface area contributed by atoms with Gasteiger partial charge in [0.05, 0.1) is 22.5 Å². The van der Waals surface area contributed by atoms with Gasteiger partial charge in [0.15, 0.2) is 0 Å². The summed E-state index contributed by atoms with van der Waals surface area (Å²) in [4.78, 5) is 12.4. The van der Waals surface area contributed by atoms with Crippen LogP contribution in [0.5, 0.6) is 0 Å². The van der Waals surface area contributed by atoms with E-state index in [1.165, 1.54) is 18.3 Å². The topological polar surface area (TPSA) is 57.8 Å². The average Bonchev–Trinajstić information content (AvgIpc) is 3.05. The Morgan fingerprint density at radius 1 is 1.29 bits per heavy atom. The number of H-pyrrole nitrogens is 1. The minimum Gasteiger partial charge on any atom is -0.348 e. The van der Waals surface area contributed by atoms with Crippen LogP contribution in [-0.4, -0.2) is 16.1 Å². The van der Waals surface area contributed by atoms with Crippen molar-refractivity contribution in [1.82, 2.24) is 15.5 Å². The van der Waals surface area contributed by atoms with E-state index in [0.717, 1.165) is 16.7 Å². The SMILES string of the molecule is Cc1cccc(-c2[nH]ncc2C(=O)NCc2ccc(F)c(Cl)c2)c1. The maximum Gasteiger partial charge on any atom is 0.255 e. The maximum absolute atomic E-state index is 13.2. The minimum absolute atomic E-state index is 0.0329. The number of aromatic nitrogens is 2. The first-order valence-electron chi connectivity index (χ1n) is 7.37. The first kappa shape index (κ1) is 16.2. The monoisotopic (exact) mass is 343 g/mol. The van der Waals surface area contributed by atoms with Crippen LogP contribution in [-0.2, 0) is 6.54 Å². The van der Waals surface area contributed by atoms with E-state index in [1.807, 2.05) is 31.2 Å². The van der Waals surface area contributed by atoms with Gasteiger partial charge in [-0.2, -0.15) is 5.10 Å². The summed E-state index contributed by atoms with van der Waals surface area (Å²) in [5.41, 5.74) is 3.81. The third kappa shape index (κ3) is 3.46. The van der Waals surface area contributed by atoms with Crippen molar-refractivity contribution >= 4 is 17.5 Å². The Morgan fingerprint density at radius 3 is 2.88 bits per heavy atom. The molecular formula is C18H15ClFN3O. The van der Waals surface area contributed by atoms with Crippen molar-refractivity contribution in [2.75, 3.05) is 0 Å². The minimum atomic E-state index is -0.483. The Kier molecular flexibility index (Phi) is 4.62. The fourth-order valence-corrected chi connectivity index (χ4v) is 2.61. The molecule has 3 aromatic rings. The van der Waals surface area contributed by atoms with Gasteiger partial charge in [-0.05, 0) is 30.7 Å². The summed E-state index contributed by atoms with van der Waals surface area (Å²) in [6.07, 6.45) is 1.49. The molecule has 0 fully saturated rings. The van der Waals surface area contributed by atoms with E-state index in [-0.39, 0.29) is 17.5 Å². The van der Waals surface area contributed by atoms with E-state index >= 15 is 0 Å². The highest BCUT2D eigenvalue weighted by molar-refractivity contribution is 6.30. The summed E-state index contributed by atoms with van der Waals surface area (Å²) in [7, 11) is 0. The van der Waals surface area contributed by atoms with E-state index in [4.69, 9.17) is 11.6 Å². The Morgan fingerprint density at radius 2 is 2.12 bits per heavy atom. The summed E-state index contributed by atoms with van der Waals surface area (Å²) < 4.78 is 13.2. The molecule has 3 rings (SSSR count). The Labute approximate surface area is 143 Å². The van der Waals surface area contributed by atoms with Gasteiger partial charge < -0.3 is 5.32 Å². The van der Waals surface area contributed by atoms with Crippen LogP contribution < -0.4 is 5.32 Å². The van der Waals surface area contributed by atoms with Crippen LogP contribution >= 0.6 is 11.6 Å². The molecule has 0 radical (unpaired) electrons. The second-order valence-electron chi connectivity index (χ2n) is 5.46. The molecule has 1 heterocycles. The van der Waals surface area contributed by atoms with Gasteiger partial charge in [-0.1, -0.05) is 41.4 Å². The number of aryl methyl sites for hydroxylation is 1. The smallest absolute Gasteiger partial charge is 0.255 e. The van der Waals surface area contributed by atoms with Crippen molar-refractivity contribution in [3.8, 4) is 11.3 Å². The highest BCUT2D eigenvalue weighted by Gasteiger charge is 2.15. The molecule has 0 saturated heterocycles. The zero-order chi connectivity index (χ0) is 17.1. The molecule has 0 aliphatic rings. The number of nitrogens with zero attached hydrogens (tertiary/aromatic N) is 1. The van der Waals surface area contributed by atoms with Gasteiger partial charge in [0.25, 0.3) is 5.91 Å². The van der Waals surface area contributed by atoms with E-state index < -0.39 is 5.82 Å². The molecule has 0 atom stereocenters. The number of hydrogen-bond acceptors (Lipinski definition) is 2. The lowest BCUT2D eigenvalue weighted by Gasteiger charge is -2.07. The van der Waals surface area contributed by atoms with E-state index in [1.54, 1.807) is 6.07 Å². The molecule has 2 N–H and O–H groups in total. The summed E-state index contributed by atoms with van der Waals surface area (Å²) >= 11 is 5.75. The Hall–Kier alpha value is -2.66. The lowest BCUT2D eigenvalue weighted by atomic mass is 10.1. The number of nitrogens with one attached hydrogen (secondary N) is 2. The zero-order valence-electron chi connectivity index (χ0n) is 12.9. The van der Waals surface area contributed by atoms with E-state index in [9.17, 15) is 9.18 Å². The first-order chi connectivity index (χ1) is 11.5. The van der Waals surface area contributed by atoms with Gasteiger partial charge in [-0.25, -0.2) is 4.39 Å². The van der Waals surface area contributed by atoms with Gasteiger partial charge in [-0.15, -0.1) is 0 Å². The predicted octanol–water partition coefficient (Wildman–Crippen LogP) is 4.11. The van der Waals surface area contributed by atoms with Crippen molar-refractivity contribution in [3.05, 3.63) is 76.2 Å². The standard InChI is InChI=1S/C18H15ClFN3O/c1-11-3-2-4-13(7-11)17-14(10-22-23-17)18(24)21-9-12-5-6-16(20)15(19)8-12/h2-8,10H,9H2,1H3,(H,21,24)(H,22,23). The first-order valence-corrected chi connectivity index (χ1v) is 7.75. The van der Waals surface area contributed by atoms with Crippen molar-refractivity contribution in [1.29, 1.82) is 0 Å². The van der Waals surface area contributed by atoms with Gasteiger partial charge in [0.1, 0.15) is 5.82 Å². The fraction of sp³-hybridized carbons (Fsp3) is 0.111. The van der Waals surface area contributed by atoms with Gasteiger partial charge in [0.2, 0.25) is 0 Å². The van der Waals surface area contributed by atoms with Crippen LogP contribution in [0.2, 0.25) is 5.02 Å². The molecule has 4 nitrogen and oxygen atoms in total. The summed E-state index contributed by atoms with van der Waals surface area (Å²) in [5, 5.41) is 9.66. The molecule has 0 spiro atoms. The van der Waals surface area contributed by atoms with E-state index in [0.29, 0.717) is 11.3 Å². The lowest BCUT2D eigenvalue weighted by molar-refractivity contribution is 0.0951. The molecule has 0 bridgehead atoms. The number of halogens is 2. The highest BCUT2D eigenvalue weighted by Crippen LogP contribution is 2.22. The molecule has 24 heavy (non-hydrogen) atoms. The zero-order valence-corrected chi connectivity index (χ0v) is 13.7. The molecule has 0 aliphatic carbocycles. The Bertz CT molecular complexity index is 891. The second kappa shape index (κ2) is 6.84. The number of aromatic amines is 1. The molecule has 0 saturated carbocycles. The largest absolute Gasteiger partial charge is 0.348 e. The number of carbonyl (C=O) groups excluding carboxylic acids is 1. The summed E-state index contributed by atoms with van der Waals surface area (Å²) in [6, 6.07) is 12.2. The molecule has 2 aromatic carbocycles. The van der Waals surface area contributed by atoms with E-state index in [2.05, 4.69) is 15.5 Å². The summed E-state index contributed by atoms with van der Waals surface area (Å²) in [6.45, 7) is 2.23. The maximum atomic E-state index is 13.2. The molecule has 1 amide bonds. The van der Waals surface area contributed by atoms with Crippen LogP contribution in [0.15, 0.2) is 48.7 Å². The third-order valence-corrected chi connectivity index (χ3v) is 3.92. The van der Waals surface area contributed by atoms with Crippen LogP contribution in [0, 0.1) is 12.7 Å². The third-order valence-electron chi connectivity index (χ3n) is 3.63. The van der Waals surface area contributed by atoms with Crippen molar-refractivity contribution in [2.45, 2.75) is 13.5 Å². The fourth-order valence-electron chi connectivity index (χ4n) is 2.41. The number of hydrogen-bond donors (Lipinski definition) is 2. The number of rotatable bonds is 4. The molecule has 1 aromatic heterocycles. The molecule has 0 aliphatic heterocycles. The van der Waals surface area contributed by atoms with Crippen molar-refractivity contribution in [2.24, 2.45) is 0 Å². The van der Waals surface area contributed by atoms with Crippen LogP contribution in [0.1, 0.15) is 21.5 Å². The predicted molar refractivity (Wildman–Crippen MR) is 91.3 cm³/mol. The normalized spacial score (nSPS) is 10.6. The molecule has 0 unspecified atom stereocenters. The molecule has 122 valence electrons. The number of benzene rings is 2. The number of carbonyl (C=O) groups is 1. The van der Waals surface area contributed by atoms with Crippen LogP contribution in [0.25, 0.3) is 11.3 Å². The highest BCUT2D eigenvalue weighted by atomic mass is 35.5. The Balaban J connectivity index is 1.76. The van der Waals surface area contributed by atoms with Crippen molar-refractivity contribution in [3.63, 3.8) is 0 Å². The van der Waals surface area contributed by atoms with Crippen molar-refractivity contribution < 1.29 is 9.18 Å². The average molecular weight is 344 g/mol. The van der Waals surface area contributed by atoms with Gasteiger partial charge in [0, 0.05) is 12.1 Å². The van der Waals surface area contributed by atoms with Crippen LogP contribution in [0.4, 0.5) is 4.39 Å².